The molecule has 0 aliphatic carbocycles. The summed E-state index contributed by atoms with van der Waals surface area (Å²) in [4.78, 5) is 24.8. The van der Waals surface area contributed by atoms with Crippen molar-refractivity contribution < 1.29 is 27.5 Å². The molecule has 0 saturated carbocycles. The Morgan fingerprint density at radius 3 is 2.59 bits per heavy atom. The summed E-state index contributed by atoms with van der Waals surface area (Å²) in [6.07, 6.45) is 1.82. The molecule has 1 aliphatic heterocycles. The first-order valence-corrected chi connectivity index (χ1v) is 8.25. The molecule has 1 N–H and O–H groups in total. The third kappa shape index (κ3) is 3.00. The lowest BCUT2D eigenvalue weighted by molar-refractivity contribution is -0.143. The van der Waals surface area contributed by atoms with E-state index >= 15 is 0 Å². The van der Waals surface area contributed by atoms with Crippen LogP contribution in [0.4, 0.5) is 0 Å². The van der Waals surface area contributed by atoms with Gasteiger partial charge in [-0.2, -0.15) is 0 Å². The summed E-state index contributed by atoms with van der Waals surface area (Å²) >= 11 is 0. The summed E-state index contributed by atoms with van der Waals surface area (Å²) in [6, 6.07) is 1.55. The van der Waals surface area contributed by atoms with Crippen LogP contribution in [-0.4, -0.2) is 61.3 Å². The standard InChI is InChI=1S/C13H18N2O6S/c1-14(2)22(19,20)11-7-6-10(21-11)12(16)15-8-4-3-5-9(15)13(17)18/h6-7,9H,3-5,8H2,1-2H3,(H,17,18)/t9-/m1/s1. The Kier molecular flexibility index (Phi) is 4.57. The molecule has 0 spiro atoms. The van der Waals surface area contributed by atoms with Crippen molar-refractivity contribution in [1.29, 1.82) is 0 Å². The molecule has 2 rings (SSSR count). The van der Waals surface area contributed by atoms with Gasteiger partial charge in [-0.05, 0) is 31.4 Å². The summed E-state index contributed by atoms with van der Waals surface area (Å²) < 4.78 is 30.0. The molecule has 1 aromatic rings. The lowest BCUT2D eigenvalue weighted by atomic mass is 10.0. The Balaban J connectivity index is 2.27. The number of hydrogen-bond donors (Lipinski definition) is 1. The summed E-state index contributed by atoms with van der Waals surface area (Å²) in [6.45, 7) is 0.312. The number of rotatable bonds is 4. The van der Waals surface area contributed by atoms with Crippen molar-refractivity contribution in [3.05, 3.63) is 17.9 Å². The highest BCUT2D eigenvalue weighted by Crippen LogP contribution is 2.23. The van der Waals surface area contributed by atoms with Crippen molar-refractivity contribution in [2.45, 2.75) is 30.4 Å². The Hall–Kier alpha value is -1.87. The molecule has 0 aromatic carbocycles. The van der Waals surface area contributed by atoms with E-state index in [-0.39, 0.29) is 10.9 Å². The van der Waals surface area contributed by atoms with E-state index in [4.69, 9.17) is 4.42 Å². The van der Waals surface area contributed by atoms with Crippen LogP contribution in [0.15, 0.2) is 21.6 Å². The van der Waals surface area contributed by atoms with Gasteiger partial charge in [0.1, 0.15) is 6.04 Å². The average molecular weight is 330 g/mol. The third-order valence-corrected chi connectivity index (χ3v) is 5.27. The third-order valence-electron chi connectivity index (χ3n) is 3.58. The first-order chi connectivity index (χ1) is 10.2. The van der Waals surface area contributed by atoms with Gasteiger partial charge in [-0.3, -0.25) is 4.79 Å². The molecule has 22 heavy (non-hydrogen) atoms. The maximum atomic E-state index is 12.4. The highest BCUT2D eigenvalue weighted by Gasteiger charge is 2.34. The maximum Gasteiger partial charge on any atom is 0.326 e. The van der Waals surface area contributed by atoms with E-state index in [1.807, 2.05) is 0 Å². The molecule has 1 aliphatic rings. The SMILES string of the molecule is CN(C)S(=O)(=O)c1ccc(C(=O)N2CCCC[C@@H]2C(=O)O)o1. The second-order valence-electron chi connectivity index (χ2n) is 5.25. The van der Waals surface area contributed by atoms with Crippen LogP contribution in [0.5, 0.6) is 0 Å². The lowest BCUT2D eigenvalue weighted by Crippen LogP contribution is -2.47. The normalized spacial score (nSPS) is 19.4. The fourth-order valence-corrected chi connectivity index (χ4v) is 3.12. The number of hydrogen-bond acceptors (Lipinski definition) is 5. The molecule has 2 heterocycles. The molecule has 9 heteroatoms. The van der Waals surface area contributed by atoms with Gasteiger partial charge in [0.15, 0.2) is 5.76 Å². The van der Waals surface area contributed by atoms with E-state index in [2.05, 4.69) is 0 Å². The number of aliphatic carboxylic acids is 1. The van der Waals surface area contributed by atoms with E-state index in [1.165, 1.54) is 31.1 Å². The van der Waals surface area contributed by atoms with Crippen molar-refractivity contribution in [1.82, 2.24) is 9.21 Å². The summed E-state index contributed by atoms with van der Waals surface area (Å²) in [7, 11) is -1.07. The zero-order chi connectivity index (χ0) is 16.5. The van der Waals surface area contributed by atoms with E-state index in [9.17, 15) is 23.1 Å². The zero-order valence-electron chi connectivity index (χ0n) is 12.4. The van der Waals surface area contributed by atoms with Crippen molar-refractivity contribution in [2.24, 2.45) is 0 Å². The van der Waals surface area contributed by atoms with Crippen molar-refractivity contribution >= 4 is 21.9 Å². The van der Waals surface area contributed by atoms with Crippen LogP contribution in [0, 0.1) is 0 Å². The fourth-order valence-electron chi connectivity index (χ4n) is 2.33. The lowest BCUT2D eigenvalue weighted by Gasteiger charge is -2.32. The fraction of sp³-hybridized carbons (Fsp3) is 0.538. The van der Waals surface area contributed by atoms with Gasteiger partial charge >= 0.3 is 5.97 Å². The van der Waals surface area contributed by atoms with Gasteiger partial charge in [-0.25, -0.2) is 17.5 Å². The van der Waals surface area contributed by atoms with Crippen LogP contribution in [-0.2, 0) is 14.8 Å². The topological polar surface area (TPSA) is 108 Å². The molecule has 0 unspecified atom stereocenters. The second-order valence-corrected chi connectivity index (χ2v) is 7.34. The van der Waals surface area contributed by atoms with Crippen molar-refractivity contribution in [3.63, 3.8) is 0 Å². The number of carbonyl (C=O) groups excluding carboxylic acids is 1. The van der Waals surface area contributed by atoms with Crippen molar-refractivity contribution in [2.75, 3.05) is 20.6 Å². The minimum Gasteiger partial charge on any atom is -0.480 e. The van der Waals surface area contributed by atoms with Crippen LogP contribution in [0.1, 0.15) is 29.8 Å². The number of nitrogens with zero attached hydrogens (tertiary/aromatic N) is 2. The molecular formula is C13H18N2O6S. The van der Waals surface area contributed by atoms with Gasteiger partial charge in [-0.1, -0.05) is 0 Å². The van der Waals surface area contributed by atoms with Gasteiger partial charge in [0.05, 0.1) is 0 Å². The van der Waals surface area contributed by atoms with Crippen LogP contribution in [0.2, 0.25) is 0 Å². The Morgan fingerprint density at radius 1 is 1.32 bits per heavy atom. The monoisotopic (exact) mass is 330 g/mol. The summed E-state index contributed by atoms with van der Waals surface area (Å²) in [5, 5.41) is 8.84. The minimum atomic E-state index is -3.77. The van der Waals surface area contributed by atoms with Gasteiger partial charge in [0, 0.05) is 20.6 Å². The maximum absolute atomic E-state index is 12.4. The Morgan fingerprint density at radius 2 is 2.00 bits per heavy atom. The molecule has 8 nitrogen and oxygen atoms in total. The molecule has 1 fully saturated rings. The predicted molar refractivity (Wildman–Crippen MR) is 75.9 cm³/mol. The molecule has 0 radical (unpaired) electrons. The van der Waals surface area contributed by atoms with Crippen LogP contribution >= 0.6 is 0 Å². The van der Waals surface area contributed by atoms with Gasteiger partial charge in [-0.15, -0.1) is 0 Å². The van der Waals surface area contributed by atoms with E-state index in [0.717, 1.165) is 10.7 Å². The highest BCUT2D eigenvalue weighted by molar-refractivity contribution is 7.88. The molecule has 0 bridgehead atoms. The number of piperidine rings is 1. The Labute approximate surface area is 128 Å². The minimum absolute atomic E-state index is 0.173. The van der Waals surface area contributed by atoms with Crippen LogP contribution in [0.25, 0.3) is 0 Å². The van der Waals surface area contributed by atoms with Gasteiger partial charge < -0.3 is 14.4 Å². The summed E-state index contributed by atoms with van der Waals surface area (Å²) in [5.74, 6) is -1.85. The van der Waals surface area contributed by atoms with Gasteiger partial charge in [0.25, 0.3) is 15.9 Å². The molecule has 1 atom stereocenters. The second kappa shape index (κ2) is 6.09. The number of amides is 1. The number of carboxylic acid groups (broad SMARTS) is 1. The van der Waals surface area contributed by atoms with Crippen LogP contribution in [0.3, 0.4) is 0 Å². The van der Waals surface area contributed by atoms with Gasteiger partial charge in [0.2, 0.25) is 5.09 Å². The van der Waals surface area contributed by atoms with Crippen LogP contribution < -0.4 is 0 Å². The van der Waals surface area contributed by atoms with E-state index in [0.29, 0.717) is 19.4 Å². The predicted octanol–water partition coefficient (Wildman–Crippen LogP) is 0.609. The van der Waals surface area contributed by atoms with Crippen molar-refractivity contribution in [3.8, 4) is 0 Å². The first-order valence-electron chi connectivity index (χ1n) is 6.81. The molecule has 1 amide bonds. The number of furan rings is 1. The number of sulfonamides is 1. The van der Waals surface area contributed by atoms with E-state index in [1.54, 1.807) is 0 Å². The Bertz CT molecular complexity index is 678. The number of carbonyl (C=O) groups is 2. The summed E-state index contributed by atoms with van der Waals surface area (Å²) in [5.41, 5.74) is 0. The highest BCUT2D eigenvalue weighted by atomic mass is 32.2. The molecule has 1 saturated heterocycles. The van der Waals surface area contributed by atoms with E-state index < -0.39 is 27.9 Å². The molecular weight excluding hydrogens is 312 g/mol. The quantitative estimate of drug-likeness (QED) is 0.866. The number of likely N-dealkylation sites (tertiary alicyclic amines) is 1. The average Bonchev–Trinajstić information content (AvgIpc) is 2.96. The molecule has 1 aromatic heterocycles. The zero-order valence-corrected chi connectivity index (χ0v) is 13.2. The smallest absolute Gasteiger partial charge is 0.326 e. The largest absolute Gasteiger partial charge is 0.480 e. The first kappa shape index (κ1) is 16.5. The molecule has 122 valence electrons. The number of carboxylic acids is 1.